The maximum atomic E-state index is 10.0. The fourth-order valence-electron chi connectivity index (χ4n) is 1.22. The topological polar surface area (TPSA) is 53.5 Å². The van der Waals surface area contributed by atoms with Gasteiger partial charge in [-0.25, -0.2) is 5.43 Å². The van der Waals surface area contributed by atoms with Gasteiger partial charge in [-0.2, -0.15) is 5.10 Å². The Kier molecular flexibility index (Phi) is 3.75. The molecule has 0 aromatic rings. The number of amidine groups is 1. The molecule has 1 rings (SSSR count). The van der Waals surface area contributed by atoms with E-state index >= 15 is 0 Å². The van der Waals surface area contributed by atoms with Crippen molar-refractivity contribution >= 4 is 12.2 Å². The summed E-state index contributed by atoms with van der Waals surface area (Å²) in [7, 11) is 0. The van der Waals surface area contributed by atoms with Crippen LogP contribution in [0.3, 0.4) is 0 Å². The molecule has 1 saturated heterocycles. The van der Waals surface area contributed by atoms with E-state index in [1.165, 1.54) is 0 Å². The molecule has 1 fully saturated rings. The minimum Gasteiger partial charge on any atom is -0.368 e. The maximum absolute atomic E-state index is 10.0. The predicted octanol–water partition coefficient (Wildman–Crippen LogP) is 0.542. The van der Waals surface area contributed by atoms with E-state index in [9.17, 15) is 4.79 Å². The van der Waals surface area contributed by atoms with E-state index in [2.05, 4.69) is 22.4 Å². The van der Waals surface area contributed by atoms with E-state index in [-0.39, 0.29) is 0 Å². The second kappa shape index (κ2) is 5.13. The molecule has 4 heteroatoms. The minimum atomic E-state index is 0.550. The second-order valence-corrected chi connectivity index (χ2v) is 2.67. The van der Waals surface area contributed by atoms with Gasteiger partial charge in [0.2, 0.25) is 6.41 Å². The molecule has 0 atom stereocenters. The average Bonchev–Trinajstić information content (AvgIpc) is 2.17. The molecule has 0 aromatic heterocycles. The van der Waals surface area contributed by atoms with Crippen LogP contribution in [-0.4, -0.2) is 18.8 Å². The van der Waals surface area contributed by atoms with Crippen LogP contribution in [0.4, 0.5) is 0 Å². The predicted molar refractivity (Wildman–Crippen MR) is 52.2 cm³/mol. The van der Waals surface area contributed by atoms with Gasteiger partial charge in [-0.3, -0.25) is 4.79 Å². The van der Waals surface area contributed by atoms with Crippen molar-refractivity contribution in [3.63, 3.8) is 0 Å². The molecule has 0 aromatic carbocycles. The molecule has 1 aliphatic rings. The summed E-state index contributed by atoms with van der Waals surface area (Å²) in [5.74, 6) is 0.734. The highest BCUT2D eigenvalue weighted by molar-refractivity contribution is 5.99. The van der Waals surface area contributed by atoms with E-state index in [4.69, 9.17) is 0 Å². The first kappa shape index (κ1) is 9.51. The SMILES string of the molecule is C=C/C=C1/CCCN/C1=N/NC=O. The molecule has 2 N–H and O–H groups in total. The van der Waals surface area contributed by atoms with E-state index in [0.717, 1.165) is 30.8 Å². The second-order valence-electron chi connectivity index (χ2n) is 2.67. The molecule has 0 radical (unpaired) electrons. The number of hydrogen-bond acceptors (Lipinski definition) is 2. The van der Waals surface area contributed by atoms with Gasteiger partial charge in [-0.05, 0) is 18.4 Å². The number of amides is 1. The Hall–Kier alpha value is -1.58. The molecule has 0 aliphatic carbocycles. The van der Waals surface area contributed by atoms with Crippen LogP contribution < -0.4 is 10.7 Å². The average molecular weight is 179 g/mol. The van der Waals surface area contributed by atoms with E-state index in [1.54, 1.807) is 6.08 Å². The Morgan fingerprint density at radius 2 is 2.46 bits per heavy atom. The summed E-state index contributed by atoms with van der Waals surface area (Å²) < 4.78 is 0. The Bertz CT molecular complexity index is 256. The molecule has 0 saturated carbocycles. The first-order valence-electron chi connectivity index (χ1n) is 4.21. The molecular weight excluding hydrogens is 166 g/mol. The van der Waals surface area contributed by atoms with Crippen molar-refractivity contribution in [2.45, 2.75) is 12.8 Å². The van der Waals surface area contributed by atoms with Gasteiger partial charge in [0.05, 0.1) is 0 Å². The van der Waals surface area contributed by atoms with Crippen LogP contribution in [0.15, 0.2) is 29.4 Å². The van der Waals surface area contributed by atoms with E-state index < -0.39 is 0 Å². The molecule has 0 spiro atoms. The van der Waals surface area contributed by atoms with Crippen LogP contribution in [0.2, 0.25) is 0 Å². The lowest BCUT2D eigenvalue weighted by Crippen LogP contribution is -2.32. The summed E-state index contributed by atoms with van der Waals surface area (Å²) in [6, 6.07) is 0. The fourth-order valence-corrected chi connectivity index (χ4v) is 1.22. The molecule has 0 bridgehead atoms. The first-order valence-corrected chi connectivity index (χ1v) is 4.21. The number of hydrogen-bond donors (Lipinski definition) is 2. The number of allylic oxidation sites excluding steroid dienone is 2. The van der Waals surface area contributed by atoms with Gasteiger partial charge in [0, 0.05) is 6.54 Å². The van der Waals surface area contributed by atoms with Gasteiger partial charge in [0.1, 0.15) is 5.84 Å². The quantitative estimate of drug-likeness (QED) is 0.491. The Labute approximate surface area is 77.4 Å². The van der Waals surface area contributed by atoms with Crippen LogP contribution in [0.25, 0.3) is 0 Å². The molecule has 1 heterocycles. The van der Waals surface area contributed by atoms with Crippen molar-refractivity contribution in [3.8, 4) is 0 Å². The van der Waals surface area contributed by atoms with Crippen molar-refractivity contribution in [3.05, 3.63) is 24.3 Å². The molecular formula is C9H13N3O. The van der Waals surface area contributed by atoms with Gasteiger partial charge in [0.25, 0.3) is 0 Å². The summed E-state index contributed by atoms with van der Waals surface area (Å²) >= 11 is 0. The van der Waals surface area contributed by atoms with Crippen molar-refractivity contribution in [2.75, 3.05) is 6.54 Å². The fraction of sp³-hybridized carbons (Fsp3) is 0.333. The third kappa shape index (κ3) is 2.74. The number of rotatable bonds is 3. The van der Waals surface area contributed by atoms with Crippen molar-refractivity contribution in [2.24, 2.45) is 5.10 Å². The van der Waals surface area contributed by atoms with Crippen LogP contribution in [-0.2, 0) is 4.79 Å². The number of nitrogens with zero attached hydrogens (tertiary/aromatic N) is 1. The number of piperidine rings is 1. The minimum absolute atomic E-state index is 0.550. The monoisotopic (exact) mass is 179 g/mol. The van der Waals surface area contributed by atoms with Crippen LogP contribution >= 0.6 is 0 Å². The molecule has 1 amide bonds. The lowest BCUT2D eigenvalue weighted by atomic mass is 10.1. The number of carbonyl (C=O) groups excluding carboxylic acids is 1. The molecule has 4 nitrogen and oxygen atoms in total. The zero-order valence-corrected chi connectivity index (χ0v) is 7.42. The summed E-state index contributed by atoms with van der Waals surface area (Å²) in [5.41, 5.74) is 3.36. The number of nitrogens with one attached hydrogen (secondary N) is 2. The largest absolute Gasteiger partial charge is 0.368 e. The normalized spacial score (nSPS) is 22.5. The lowest BCUT2D eigenvalue weighted by Gasteiger charge is -2.17. The summed E-state index contributed by atoms with van der Waals surface area (Å²) in [6.07, 6.45) is 6.23. The highest BCUT2D eigenvalue weighted by atomic mass is 16.1. The standard InChI is InChI=1S/C9H13N3O/c1-2-4-8-5-3-6-10-9(8)12-11-7-13/h2,4,7H,1,3,5-6H2,(H,10,12)(H,11,13)/b8-4-. The smallest absolute Gasteiger partial charge is 0.227 e. The van der Waals surface area contributed by atoms with Gasteiger partial charge >= 0.3 is 0 Å². The molecule has 1 aliphatic heterocycles. The number of hydrazone groups is 1. The van der Waals surface area contributed by atoms with Crippen LogP contribution in [0.5, 0.6) is 0 Å². The van der Waals surface area contributed by atoms with Gasteiger partial charge in [-0.1, -0.05) is 18.7 Å². The van der Waals surface area contributed by atoms with Crippen molar-refractivity contribution < 1.29 is 4.79 Å². The summed E-state index contributed by atoms with van der Waals surface area (Å²) in [4.78, 5) is 10.0. The van der Waals surface area contributed by atoms with Crippen LogP contribution in [0, 0.1) is 0 Å². The Morgan fingerprint density at radius 3 is 3.15 bits per heavy atom. The summed E-state index contributed by atoms with van der Waals surface area (Å²) in [5, 5.41) is 6.97. The third-order valence-corrected chi connectivity index (χ3v) is 1.77. The summed E-state index contributed by atoms with van der Waals surface area (Å²) in [6.45, 7) is 4.52. The molecule has 70 valence electrons. The Balaban J connectivity index is 2.72. The molecule has 13 heavy (non-hydrogen) atoms. The van der Waals surface area contributed by atoms with Crippen LogP contribution in [0.1, 0.15) is 12.8 Å². The lowest BCUT2D eigenvalue weighted by molar-refractivity contribution is -0.109. The van der Waals surface area contributed by atoms with Gasteiger partial charge in [-0.15, -0.1) is 0 Å². The zero-order chi connectivity index (χ0) is 9.52. The van der Waals surface area contributed by atoms with E-state index in [1.807, 2.05) is 6.08 Å². The van der Waals surface area contributed by atoms with Crippen molar-refractivity contribution in [1.82, 2.24) is 10.7 Å². The maximum Gasteiger partial charge on any atom is 0.227 e. The third-order valence-electron chi connectivity index (χ3n) is 1.77. The highest BCUT2D eigenvalue weighted by Crippen LogP contribution is 2.10. The first-order chi connectivity index (χ1) is 6.38. The zero-order valence-electron chi connectivity index (χ0n) is 7.42. The van der Waals surface area contributed by atoms with Gasteiger partial charge in [0.15, 0.2) is 0 Å². The van der Waals surface area contributed by atoms with E-state index in [0.29, 0.717) is 6.41 Å². The van der Waals surface area contributed by atoms with Crippen molar-refractivity contribution in [1.29, 1.82) is 0 Å². The Morgan fingerprint density at radius 1 is 1.62 bits per heavy atom. The number of carbonyl (C=O) groups is 1. The highest BCUT2D eigenvalue weighted by Gasteiger charge is 2.11. The van der Waals surface area contributed by atoms with Gasteiger partial charge < -0.3 is 5.32 Å². The molecule has 0 unspecified atom stereocenters.